The van der Waals surface area contributed by atoms with Crippen LogP contribution in [-0.4, -0.2) is 32.8 Å². The third-order valence-electron chi connectivity index (χ3n) is 2.49. The van der Waals surface area contributed by atoms with Crippen LogP contribution in [-0.2, 0) is 9.53 Å². The van der Waals surface area contributed by atoms with Gasteiger partial charge < -0.3 is 20.1 Å². The number of benzene rings is 1. The molecule has 0 aliphatic carbocycles. The highest BCUT2D eigenvalue weighted by molar-refractivity contribution is 5.78. The van der Waals surface area contributed by atoms with Crippen LogP contribution in [0.2, 0.25) is 0 Å². The zero-order valence-electron chi connectivity index (χ0n) is 9.10. The number of hydrogen-bond acceptors (Lipinski definition) is 5. The maximum absolute atomic E-state index is 11.2. The fourth-order valence-corrected chi connectivity index (χ4v) is 1.67. The SMILES string of the molecule is COC(=O)CN1CCOc2ccc(N)cc21. The summed E-state index contributed by atoms with van der Waals surface area (Å²) >= 11 is 0. The molecule has 0 saturated heterocycles. The second kappa shape index (κ2) is 4.30. The summed E-state index contributed by atoms with van der Waals surface area (Å²) in [4.78, 5) is 13.1. The van der Waals surface area contributed by atoms with Crippen molar-refractivity contribution >= 4 is 17.3 Å². The molecular formula is C11H14N2O3. The molecule has 16 heavy (non-hydrogen) atoms. The van der Waals surface area contributed by atoms with Gasteiger partial charge in [-0.2, -0.15) is 0 Å². The summed E-state index contributed by atoms with van der Waals surface area (Å²) in [6.07, 6.45) is 0. The Labute approximate surface area is 93.7 Å². The highest BCUT2D eigenvalue weighted by Crippen LogP contribution is 2.32. The quantitative estimate of drug-likeness (QED) is 0.587. The number of carbonyl (C=O) groups is 1. The van der Waals surface area contributed by atoms with E-state index < -0.39 is 0 Å². The van der Waals surface area contributed by atoms with Crippen LogP contribution in [0.1, 0.15) is 0 Å². The van der Waals surface area contributed by atoms with Gasteiger partial charge in [0, 0.05) is 5.69 Å². The lowest BCUT2D eigenvalue weighted by Crippen LogP contribution is -2.37. The van der Waals surface area contributed by atoms with Crippen molar-refractivity contribution in [1.82, 2.24) is 0 Å². The first-order valence-corrected chi connectivity index (χ1v) is 5.05. The van der Waals surface area contributed by atoms with Gasteiger partial charge >= 0.3 is 5.97 Å². The molecule has 0 aromatic heterocycles. The Morgan fingerprint density at radius 1 is 1.62 bits per heavy atom. The van der Waals surface area contributed by atoms with Gasteiger partial charge in [0.25, 0.3) is 0 Å². The number of hydrogen-bond donors (Lipinski definition) is 1. The van der Waals surface area contributed by atoms with Gasteiger partial charge in [-0.1, -0.05) is 0 Å². The Bertz CT molecular complexity index is 406. The van der Waals surface area contributed by atoms with Gasteiger partial charge in [0.1, 0.15) is 18.9 Å². The van der Waals surface area contributed by atoms with Crippen molar-refractivity contribution in [2.45, 2.75) is 0 Å². The van der Waals surface area contributed by atoms with Gasteiger partial charge in [-0.15, -0.1) is 0 Å². The second-order valence-electron chi connectivity index (χ2n) is 3.57. The number of methoxy groups -OCH3 is 1. The number of nitrogens with zero attached hydrogens (tertiary/aromatic N) is 1. The molecule has 0 bridgehead atoms. The molecule has 5 heteroatoms. The number of carbonyl (C=O) groups excluding carboxylic acids is 1. The van der Waals surface area contributed by atoms with Gasteiger partial charge in [0.2, 0.25) is 0 Å². The van der Waals surface area contributed by atoms with Crippen molar-refractivity contribution in [2.24, 2.45) is 0 Å². The van der Waals surface area contributed by atoms with E-state index in [9.17, 15) is 4.79 Å². The van der Waals surface area contributed by atoms with E-state index in [1.807, 2.05) is 11.0 Å². The number of nitrogens with two attached hydrogens (primary N) is 1. The summed E-state index contributed by atoms with van der Waals surface area (Å²) < 4.78 is 10.1. The zero-order chi connectivity index (χ0) is 11.5. The average Bonchev–Trinajstić information content (AvgIpc) is 2.29. The van der Waals surface area contributed by atoms with E-state index in [1.165, 1.54) is 7.11 Å². The van der Waals surface area contributed by atoms with E-state index in [1.54, 1.807) is 12.1 Å². The zero-order valence-corrected chi connectivity index (χ0v) is 9.10. The van der Waals surface area contributed by atoms with Gasteiger partial charge in [-0.3, -0.25) is 4.79 Å². The van der Waals surface area contributed by atoms with E-state index in [0.29, 0.717) is 18.8 Å². The van der Waals surface area contributed by atoms with Crippen LogP contribution in [0.5, 0.6) is 5.75 Å². The molecule has 1 aliphatic heterocycles. The van der Waals surface area contributed by atoms with Gasteiger partial charge in [-0.25, -0.2) is 0 Å². The molecule has 0 saturated carbocycles. The number of fused-ring (bicyclic) bond motifs is 1. The molecule has 2 N–H and O–H groups in total. The normalized spacial score (nSPS) is 13.9. The molecule has 0 unspecified atom stereocenters. The number of ether oxygens (including phenoxy) is 2. The summed E-state index contributed by atoms with van der Waals surface area (Å²) in [5.74, 6) is 0.486. The number of anilines is 2. The number of nitrogen functional groups attached to an aromatic ring is 1. The average molecular weight is 222 g/mol. The maximum atomic E-state index is 11.2. The fourth-order valence-electron chi connectivity index (χ4n) is 1.67. The Hall–Kier alpha value is -1.91. The number of esters is 1. The van der Waals surface area contributed by atoms with Gasteiger partial charge in [0.05, 0.1) is 19.3 Å². The van der Waals surface area contributed by atoms with E-state index >= 15 is 0 Å². The molecule has 0 amide bonds. The van der Waals surface area contributed by atoms with Crippen LogP contribution in [0.25, 0.3) is 0 Å². The van der Waals surface area contributed by atoms with E-state index in [4.69, 9.17) is 10.5 Å². The second-order valence-corrected chi connectivity index (χ2v) is 3.57. The molecule has 1 aliphatic rings. The minimum atomic E-state index is -0.268. The van der Waals surface area contributed by atoms with Gasteiger partial charge in [-0.05, 0) is 18.2 Å². The molecule has 0 atom stereocenters. The van der Waals surface area contributed by atoms with Crippen LogP contribution in [0.3, 0.4) is 0 Å². The Balaban J connectivity index is 2.24. The molecule has 0 fully saturated rings. The number of rotatable bonds is 2. The lowest BCUT2D eigenvalue weighted by molar-refractivity contribution is -0.139. The van der Waals surface area contributed by atoms with Crippen molar-refractivity contribution < 1.29 is 14.3 Å². The topological polar surface area (TPSA) is 64.8 Å². The first-order chi connectivity index (χ1) is 7.70. The highest BCUT2D eigenvalue weighted by Gasteiger charge is 2.20. The van der Waals surface area contributed by atoms with Crippen LogP contribution in [0.4, 0.5) is 11.4 Å². The van der Waals surface area contributed by atoms with Crippen LogP contribution in [0.15, 0.2) is 18.2 Å². The van der Waals surface area contributed by atoms with Crippen molar-refractivity contribution in [1.29, 1.82) is 0 Å². The minimum Gasteiger partial charge on any atom is -0.490 e. The summed E-state index contributed by atoms with van der Waals surface area (Å²) in [6.45, 7) is 1.44. The third-order valence-corrected chi connectivity index (χ3v) is 2.49. The van der Waals surface area contributed by atoms with Crippen LogP contribution in [0, 0.1) is 0 Å². The molecule has 0 radical (unpaired) electrons. The summed E-state index contributed by atoms with van der Waals surface area (Å²) in [5.41, 5.74) is 7.21. The van der Waals surface area contributed by atoms with E-state index in [2.05, 4.69) is 4.74 Å². The molecular weight excluding hydrogens is 208 g/mol. The standard InChI is InChI=1S/C11H14N2O3/c1-15-11(14)7-13-4-5-16-10-3-2-8(12)6-9(10)13/h2-3,6H,4-5,7,12H2,1H3. The van der Waals surface area contributed by atoms with E-state index in [-0.39, 0.29) is 12.5 Å². The van der Waals surface area contributed by atoms with Crippen molar-refractivity contribution in [2.75, 3.05) is 37.4 Å². The van der Waals surface area contributed by atoms with E-state index in [0.717, 1.165) is 11.4 Å². The third kappa shape index (κ3) is 2.03. The Morgan fingerprint density at radius 2 is 2.44 bits per heavy atom. The lowest BCUT2D eigenvalue weighted by Gasteiger charge is -2.30. The summed E-state index contributed by atoms with van der Waals surface area (Å²) in [5, 5.41) is 0. The van der Waals surface area contributed by atoms with Crippen molar-refractivity contribution in [3.63, 3.8) is 0 Å². The molecule has 1 heterocycles. The predicted octanol–water partition coefficient (Wildman–Crippen LogP) is 0.641. The van der Waals surface area contributed by atoms with Gasteiger partial charge in [0.15, 0.2) is 0 Å². The Kier molecular flexibility index (Phi) is 2.85. The lowest BCUT2D eigenvalue weighted by atomic mass is 10.2. The fraction of sp³-hybridized carbons (Fsp3) is 0.364. The van der Waals surface area contributed by atoms with Crippen LogP contribution >= 0.6 is 0 Å². The molecule has 86 valence electrons. The largest absolute Gasteiger partial charge is 0.490 e. The summed E-state index contributed by atoms with van der Waals surface area (Å²) in [6, 6.07) is 5.39. The highest BCUT2D eigenvalue weighted by atomic mass is 16.5. The smallest absolute Gasteiger partial charge is 0.325 e. The molecule has 1 aromatic carbocycles. The monoisotopic (exact) mass is 222 g/mol. The maximum Gasteiger partial charge on any atom is 0.325 e. The van der Waals surface area contributed by atoms with Crippen LogP contribution < -0.4 is 15.4 Å². The predicted molar refractivity (Wildman–Crippen MR) is 60.6 cm³/mol. The first kappa shape index (κ1) is 10.6. The first-order valence-electron chi connectivity index (χ1n) is 5.05. The summed E-state index contributed by atoms with van der Waals surface area (Å²) in [7, 11) is 1.38. The molecule has 2 rings (SSSR count). The minimum absolute atomic E-state index is 0.219. The molecule has 0 spiro atoms. The van der Waals surface area contributed by atoms with Crippen molar-refractivity contribution in [3.05, 3.63) is 18.2 Å². The molecule has 1 aromatic rings. The Morgan fingerprint density at radius 3 is 3.19 bits per heavy atom. The molecule has 5 nitrogen and oxygen atoms in total. The van der Waals surface area contributed by atoms with Crippen molar-refractivity contribution in [3.8, 4) is 5.75 Å².